The Bertz CT molecular complexity index is 513. The van der Waals surface area contributed by atoms with Gasteiger partial charge >= 0.3 is 0 Å². The van der Waals surface area contributed by atoms with Crippen LogP contribution in [0.4, 0.5) is 0 Å². The molecule has 1 aromatic rings. The standard InChI is InChI=1S/C11H10N4O/c12-6-5-10(16)14-15-7-8-3-1-2-4-9(8)11(15)13/h1-4,13H,5,7H2,(H,14,16)/p+1. The summed E-state index contributed by atoms with van der Waals surface area (Å²) in [5.41, 5.74) is 10.5. The number of nitrogens with zero attached hydrogens (tertiary/aromatic N) is 2. The molecule has 1 heterocycles. The lowest BCUT2D eigenvalue weighted by molar-refractivity contribution is -0.585. The van der Waals surface area contributed by atoms with Crippen molar-refractivity contribution in [3.05, 3.63) is 35.4 Å². The maximum absolute atomic E-state index is 11.3. The van der Waals surface area contributed by atoms with Crippen molar-refractivity contribution in [1.29, 1.82) is 5.26 Å². The lowest BCUT2D eigenvalue weighted by Crippen LogP contribution is -2.38. The van der Waals surface area contributed by atoms with Gasteiger partial charge in [0.25, 0.3) is 11.7 Å². The van der Waals surface area contributed by atoms with Crippen molar-refractivity contribution in [1.82, 2.24) is 5.43 Å². The molecule has 1 amide bonds. The Labute approximate surface area is 92.8 Å². The van der Waals surface area contributed by atoms with Gasteiger partial charge in [0.15, 0.2) is 0 Å². The first-order valence-electron chi connectivity index (χ1n) is 4.87. The Hall–Kier alpha value is -2.35. The van der Waals surface area contributed by atoms with E-state index in [9.17, 15) is 4.79 Å². The van der Waals surface area contributed by atoms with Crippen molar-refractivity contribution in [3.63, 3.8) is 0 Å². The van der Waals surface area contributed by atoms with Crippen molar-refractivity contribution in [2.75, 3.05) is 0 Å². The highest BCUT2D eigenvalue weighted by Gasteiger charge is 2.25. The molecule has 0 unspecified atom stereocenters. The van der Waals surface area contributed by atoms with Crippen LogP contribution in [0.3, 0.4) is 0 Å². The van der Waals surface area contributed by atoms with Crippen LogP contribution in [0.5, 0.6) is 0 Å². The highest BCUT2D eigenvalue weighted by Crippen LogP contribution is 2.14. The second-order valence-corrected chi connectivity index (χ2v) is 3.50. The molecule has 0 saturated carbocycles. The Morgan fingerprint density at radius 1 is 1.56 bits per heavy atom. The number of benzene rings is 1. The molecule has 0 saturated heterocycles. The molecule has 0 radical (unpaired) electrons. The van der Waals surface area contributed by atoms with Crippen LogP contribution in [0, 0.1) is 11.3 Å². The predicted molar refractivity (Wildman–Crippen MR) is 57.1 cm³/mol. The highest BCUT2D eigenvalue weighted by molar-refractivity contribution is 5.96. The predicted octanol–water partition coefficient (Wildman–Crippen LogP) is -0.137. The van der Waals surface area contributed by atoms with Crippen molar-refractivity contribution >= 4 is 11.7 Å². The molecule has 1 aromatic carbocycles. The van der Waals surface area contributed by atoms with Crippen LogP contribution in [-0.4, -0.2) is 16.4 Å². The molecule has 0 fully saturated rings. The third-order valence-electron chi connectivity index (χ3n) is 2.41. The van der Waals surface area contributed by atoms with Gasteiger partial charge in [-0.1, -0.05) is 18.2 Å². The van der Waals surface area contributed by atoms with Crippen LogP contribution >= 0.6 is 0 Å². The van der Waals surface area contributed by atoms with E-state index in [1.165, 1.54) is 0 Å². The molecule has 16 heavy (non-hydrogen) atoms. The molecule has 3 N–H and O–H groups in total. The summed E-state index contributed by atoms with van der Waals surface area (Å²) in [6.45, 7) is 0.541. The number of hydrazine groups is 1. The molecule has 5 heteroatoms. The van der Waals surface area contributed by atoms with Gasteiger partial charge in [-0.05, 0) is 6.07 Å². The summed E-state index contributed by atoms with van der Waals surface area (Å²) in [7, 11) is 0. The number of amides is 1. The summed E-state index contributed by atoms with van der Waals surface area (Å²) in [4.78, 5) is 11.3. The quantitative estimate of drug-likeness (QED) is 0.674. The minimum absolute atomic E-state index is 0.167. The summed E-state index contributed by atoms with van der Waals surface area (Å²) in [6.07, 6.45) is -0.167. The number of nitrogens with two attached hydrogens (primary N) is 1. The molecule has 0 atom stereocenters. The van der Waals surface area contributed by atoms with Gasteiger partial charge in [0.1, 0.15) is 13.0 Å². The van der Waals surface area contributed by atoms with Gasteiger partial charge in [-0.25, -0.2) is 0 Å². The number of hydrazone groups is 1. The average molecular weight is 215 g/mol. The van der Waals surface area contributed by atoms with E-state index in [0.29, 0.717) is 12.4 Å². The monoisotopic (exact) mass is 215 g/mol. The van der Waals surface area contributed by atoms with Crippen LogP contribution in [0.1, 0.15) is 17.5 Å². The minimum Gasteiger partial charge on any atom is -0.285 e. The SMILES string of the molecule is N#CCC(=O)N[N+]1=C(N)c2ccccc2C1. The summed E-state index contributed by atoms with van der Waals surface area (Å²) in [5.74, 6) is 0.167. The van der Waals surface area contributed by atoms with Gasteiger partial charge in [0.05, 0.1) is 11.6 Å². The van der Waals surface area contributed by atoms with E-state index in [1.54, 1.807) is 10.8 Å². The van der Waals surface area contributed by atoms with Crippen LogP contribution in [0.25, 0.3) is 0 Å². The molecule has 0 aliphatic carbocycles. The van der Waals surface area contributed by atoms with E-state index >= 15 is 0 Å². The topological polar surface area (TPSA) is 81.9 Å². The molecule has 0 spiro atoms. The van der Waals surface area contributed by atoms with Gasteiger partial charge in [0.2, 0.25) is 0 Å². The number of hydrogen-bond acceptors (Lipinski definition) is 3. The normalized spacial score (nSPS) is 13.2. The maximum Gasteiger partial charge on any atom is 0.299 e. The van der Waals surface area contributed by atoms with E-state index in [1.807, 2.05) is 24.3 Å². The Balaban J connectivity index is 2.19. The number of nitrogens with one attached hydrogen (secondary N) is 1. The Morgan fingerprint density at radius 3 is 3.00 bits per heavy atom. The highest BCUT2D eigenvalue weighted by atomic mass is 16.2. The number of nitriles is 1. The van der Waals surface area contributed by atoms with E-state index in [-0.39, 0.29) is 12.3 Å². The minimum atomic E-state index is -0.349. The Kier molecular flexibility index (Phi) is 2.56. The lowest BCUT2D eigenvalue weighted by atomic mass is 10.1. The molecule has 0 aromatic heterocycles. The zero-order valence-electron chi connectivity index (χ0n) is 8.60. The molecule has 1 aliphatic heterocycles. The van der Waals surface area contributed by atoms with Crippen molar-refractivity contribution in [2.24, 2.45) is 5.73 Å². The van der Waals surface area contributed by atoms with Gasteiger partial charge in [0, 0.05) is 5.56 Å². The van der Waals surface area contributed by atoms with Crippen LogP contribution in [0.15, 0.2) is 24.3 Å². The van der Waals surface area contributed by atoms with E-state index in [4.69, 9.17) is 11.0 Å². The molecule has 5 nitrogen and oxygen atoms in total. The molecule has 2 rings (SSSR count). The Morgan fingerprint density at radius 2 is 2.31 bits per heavy atom. The van der Waals surface area contributed by atoms with E-state index < -0.39 is 0 Å². The second-order valence-electron chi connectivity index (χ2n) is 3.50. The lowest BCUT2D eigenvalue weighted by Gasteiger charge is -2.01. The summed E-state index contributed by atoms with van der Waals surface area (Å²) in [5, 5.41) is 8.38. The van der Waals surface area contributed by atoms with E-state index in [0.717, 1.165) is 11.1 Å². The molecular formula is C11H11N4O+. The zero-order valence-corrected chi connectivity index (χ0v) is 8.60. The molecular weight excluding hydrogens is 204 g/mol. The first kappa shape index (κ1) is 10.2. The third kappa shape index (κ3) is 1.73. The molecule has 80 valence electrons. The second kappa shape index (κ2) is 4.03. The summed E-state index contributed by atoms with van der Waals surface area (Å²) < 4.78 is 1.56. The zero-order chi connectivity index (χ0) is 11.5. The molecule has 1 aliphatic rings. The fourth-order valence-corrected chi connectivity index (χ4v) is 1.67. The van der Waals surface area contributed by atoms with Crippen molar-refractivity contribution in [3.8, 4) is 6.07 Å². The van der Waals surface area contributed by atoms with Crippen LogP contribution in [0.2, 0.25) is 0 Å². The van der Waals surface area contributed by atoms with E-state index in [2.05, 4.69) is 5.43 Å². The number of fused-ring (bicyclic) bond motifs is 1. The van der Waals surface area contributed by atoms with Gasteiger partial charge in [-0.15, -0.1) is 0 Å². The summed E-state index contributed by atoms with van der Waals surface area (Å²) in [6, 6.07) is 9.47. The third-order valence-corrected chi connectivity index (χ3v) is 2.41. The smallest absolute Gasteiger partial charge is 0.285 e. The van der Waals surface area contributed by atoms with Gasteiger partial charge in [-0.3, -0.25) is 10.5 Å². The number of hydrogen-bond donors (Lipinski definition) is 2. The first-order valence-corrected chi connectivity index (χ1v) is 4.87. The number of carbonyl (C=O) groups is 1. The average Bonchev–Trinajstić information content (AvgIpc) is 2.57. The number of amidine groups is 1. The maximum atomic E-state index is 11.3. The first-order chi connectivity index (χ1) is 7.72. The summed E-state index contributed by atoms with van der Waals surface area (Å²) >= 11 is 0. The van der Waals surface area contributed by atoms with Gasteiger partial charge < -0.3 is 0 Å². The van der Waals surface area contributed by atoms with Crippen molar-refractivity contribution in [2.45, 2.75) is 13.0 Å². The van der Waals surface area contributed by atoms with Crippen LogP contribution < -0.4 is 11.2 Å². The molecule has 0 bridgehead atoms. The number of rotatable bonds is 2. The number of carbonyl (C=O) groups excluding carboxylic acids is 1. The van der Waals surface area contributed by atoms with Gasteiger partial charge in [-0.2, -0.15) is 15.4 Å². The fourth-order valence-electron chi connectivity index (χ4n) is 1.67. The fraction of sp³-hybridized carbons (Fsp3) is 0.182. The van der Waals surface area contributed by atoms with Crippen LogP contribution in [-0.2, 0) is 11.3 Å². The van der Waals surface area contributed by atoms with Crippen molar-refractivity contribution < 1.29 is 9.48 Å². The largest absolute Gasteiger partial charge is 0.299 e.